The molecule has 4 aromatic rings. The molecule has 1 atom stereocenters. The lowest BCUT2D eigenvalue weighted by atomic mass is 9.95. The Balaban J connectivity index is 1.53. The van der Waals surface area contributed by atoms with E-state index in [0.717, 1.165) is 66.1 Å². The SMILES string of the molecule is CCc1nn(-c2ccccc2)c2c1CN(C(=O)NC1CCCCC1)[C@H](c1cccc(F)c1)c1cccn1-2. The van der Waals surface area contributed by atoms with Crippen LogP contribution in [-0.4, -0.2) is 31.3 Å². The molecule has 1 aliphatic heterocycles. The molecule has 2 aromatic carbocycles. The van der Waals surface area contributed by atoms with Crippen molar-refractivity contribution in [1.82, 2.24) is 24.6 Å². The smallest absolute Gasteiger partial charge is 0.318 e. The summed E-state index contributed by atoms with van der Waals surface area (Å²) >= 11 is 0. The van der Waals surface area contributed by atoms with E-state index in [1.807, 2.05) is 64.3 Å². The number of carbonyl (C=O) groups excluding carboxylic acids is 1. The number of amides is 2. The van der Waals surface area contributed by atoms with Crippen LogP contribution in [0.2, 0.25) is 0 Å². The Bertz CT molecular complexity index is 1400. The van der Waals surface area contributed by atoms with Crippen molar-refractivity contribution in [2.75, 3.05) is 0 Å². The van der Waals surface area contributed by atoms with Crippen LogP contribution in [0.1, 0.15) is 67.6 Å². The highest BCUT2D eigenvalue weighted by molar-refractivity contribution is 5.76. The molecule has 37 heavy (non-hydrogen) atoms. The lowest BCUT2D eigenvalue weighted by Gasteiger charge is -2.33. The van der Waals surface area contributed by atoms with E-state index in [2.05, 4.69) is 16.8 Å². The molecule has 0 spiro atoms. The molecule has 0 unspecified atom stereocenters. The summed E-state index contributed by atoms with van der Waals surface area (Å²) in [6.07, 6.45) is 8.24. The number of urea groups is 1. The molecular formula is C30H32FN5O. The molecule has 1 N–H and O–H groups in total. The van der Waals surface area contributed by atoms with Crippen LogP contribution >= 0.6 is 0 Å². The van der Waals surface area contributed by atoms with Gasteiger partial charge < -0.3 is 14.8 Å². The quantitative estimate of drug-likeness (QED) is 0.359. The second-order valence-electron chi connectivity index (χ2n) is 10.0. The first-order chi connectivity index (χ1) is 18.1. The fraction of sp³-hybridized carbons (Fsp3) is 0.333. The molecule has 1 saturated carbocycles. The van der Waals surface area contributed by atoms with Gasteiger partial charge in [0.15, 0.2) is 0 Å². The summed E-state index contributed by atoms with van der Waals surface area (Å²) in [5, 5.41) is 8.32. The molecule has 7 heteroatoms. The van der Waals surface area contributed by atoms with Gasteiger partial charge in [-0.15, -0.1) is 0 Å². The minimum atomic E-state index is -0.448. The second kappa shape index (κ2) is 9.88. The number of hydrogen-bond acceptors (Lipinski definition) is 2. The van der Waals surface area contributed by atoms with Gasteiger partial charge in [0, 0.05) is 17.8 Å². The molecule has 2 aliphatic rings. The molecule has 6 nitrogen and oxygen atoms in total. The van der Waals surface area contributed by atoms with Crippen LogP contribution in [0.25, 0.3) is 11.5 Å². The summed E-state index contributed by atoms with van der Waals surface area (Å²) in [5.74, 6) is 0.618. The standard InChI is InChI=1S/C30H32FN5O/c1-2-26-25-20-35(30(37)32-23-13-5-3-6-14-23)28(21-11-9-12-22(31)19-21)27-17-10-18-34(27)29(25)36(33-26)24-15-7-4-8-16-24/h4,7-12,15-19,23,28H,2-3,5-6,13-14,20H2,1H3,(H,32,37)/t28-/m1/s1. The van der Waals surface area contributed by atoms with Crippen molar-refractivity contribution in [2.45, 2.75) is 64.1 Å². The van der Waals surface area contributed by atoms with Crippen LogP contribution in [0.4, 0.5) is 9.18 Å². The molecule has 1 fully saturated rings. The minimum absolute atomic E-state index is 0.115. The van der Waals surface area contributed by atoms with E-state index in [1.165, 1.54) is 12.5 Å². The Labute approximate surface area is 216 Å². The highest BCUT2D eigenvalue weighted by Crippen LogP contribution is 2.39. The number of para-hydroxylation sites is 1. The third-order valence-corrected chi connectivity index (χ3v) is 7.66. The van der Waals surface area contributed by atoms with Crippen molar-refractivity contribution >= 4 is 6.03 Å². The zero-order valence-corrected chi connectivity index (χ0v) is 21.1. The molecule has 3 heterocycles. The van der Waals surface area contributed by atoms with Crippen LogP contribution < -0.4 is 5.32 Å². The largest absolute Gasteiger partial charge is 0.335 e. The monoisotopic (exact) mass is 497 g/mol. The van der Waals surface area contributed by atoms with Gasteiger partial charge in [-0.1, -0.05) is 56.5 Å². The van der Waals surface area contributed by atoms with Crippen molar-refractivity contribution in [1.29, 1.82) is 0 Å². The molecule has 2 aromatic heterocycles. The number of aromatic nitrogens is 3. The van der Waals surface area contributed by atoms with Gasteiger partial charge >= 0.3 is 6.03 Å². The zero-order chi connectivity index (χ0) is 25.4. The van der Waals surface area contributed by atoms with Gasteiger partial charge in [0.1, 0.15) is 11.6 Å². The van der Waals surface area contributed by atoms with Crippen molar-refractivity contribution in [2.24, 2.45) is 0 Å². The molecule has 0 bridgehead atoms. The fourth-order valence-electron chi connectivity index (χ4n) is 5.88. The topological polar surface area (TPSA) is 55.1 Å². The van der Waals surface area contributed by atoms with E-state index >= 15 is 0 Å². The Morgan fingerprint density at radius 1 is 1.03 bits per heavy atom. The number of aryl methyl sites for hydroxylation is 1. The first kappa shape index (κ1) is 23.5. The molecular weight excluding hydrogens is 465 g/mol. The van der Waals surface area contributed by atoms with Crippen LogP contribution in [-0.2, 0) is 13.0 Å². The maximum Gasteiger partial charge on any atom is 0.318 e. The third-order valence-electron chi connectivity index (χ3n) is 7.66. The maximum absolute atomic E-state index is 14.5. The number of benzene rings is 2. The highest BCUT2D eigenvalue weighted by atomic mass is 19.1. The van der Waals surface area contributed by atoms with E-state index in [-0.39, 0.29) is 17.9 Å². The molecule has 1 aliphatic carbocycles. The second-order valence-corrected chi connectivity index (χ2v) is 10.0. The molecule has 0 radical (unpaired) electrons. The van der Waals surface area contributed by atoms with Gasteiger partial charge in [-0.25, -0.2) is 13.9 Å². The summed E-state index contributed by atoms with van der Waals surface area (Å²) in [6.45, 7) is 2.47. The number of hydrogen-bond donors (Lipinski definition) is 1. The highest BCUT2D eigenvalue weighted by Gasteiger charge is 2.37. The lowest BCUT2D eigenvalue weighted by molar-refractivity contribution is 0.173. The van der Waals surface area contributed by atoms with Crippen molar-refractivity contribution < 1.29 is 9.18 Å². The molecule has 6 rings (SSSR count). The molecule has 190 valence electrons. The first-order valence-electron chi connectivity index (χ1n) is 13.3. The molecule has 0 saturated heterocycles. The average Bonchev–Trinajstić information content (AvgIpc) is 3.51. The number of nitrogens with one attached hydrogen (secondary N) is 1. The van der Waals surface area contributed by atoms with E-state index < -0.39 is 6.04 Å². The number of fused-ring (bicyclic) bond motifs is 3. The van der Waals surface area contributed by atoms with E-state index in [4.69, 9.17) is 5.10 Å². The third kappa shape index (κ3) is 4.32. The minimum Gasteiger partial charge on any atom is -0.335 e. The predicted molar refractivity (Wildman–Crippen MR) is 141 cm³/mol. The first-order valence-corrected chi connectivity index (χ1v) is 13.3. The Morgan fingerprint density at radius 2 is 1.84 bits per heavy atom. The van der Waals surface area contributed by atoms with Crippen molar-refractivity contribution in [3.8, 4) is 11.5 Å². The molecule has 2 amide bonds. The van der Waals surface area contributed by atoms with Crippen LogP contribution in [0.15, 0.2) is 72.9 Å². The summed E-state index contributed by atoms with van der Waals surface area (Å²) < 4.78 is 18.6. The Hall–Kier alpha value is -3.87. The maximum atomic E-state index is 14.5. The van der Waals surface area contributed by atoms with Crippen molar-refractivity contribution in [3.05, 3.63) is 101 Å². The van der Waals surface area contributed by atoms with Gasteiger partial charge in [0.25, 0.3) is 0 Å². The Kier molecular flexibility index (Phi) is 6.28. The Morgan fingerprint density at radius 3 is 2.59 bits per heavy atom. The number of rotatable bonds is 4. The van der Waals surface area contributed by atoms with Crippen LogP contribution in [0, 0.1) is 5.82 Å². The summed E-state index contributed by atoms with van der Waals surface area (Å²) in [5.41, 5.74) is 4.58. The van der Waals surface area contributed by atoms with Gasteiger partial charge in [0.2, 0.25) is 0 Å². The van der Waals surface area contributed by atoms with Crippen LogP contribution in [0.5, 0.6) is 0 Å². The average molecular weight is 498 g/mol. The normalized spacial score (nSPS) is 17.7. The van der Waals surface area contributed by atoms with Crippen LogP contribution in [0.3, 0.4) is 0 Å². The zero-order valence-electron chi connectivity index (χ0n) is 21.1. The number of nitrogens with zero attached hydrogens (tertiary/aromatic N) is 4. The van der Waals surface area contributed by atoms with E-state index in [1.54, 1.807) is 12.1 Å². The van der Waals surface area contributed by atoms with Crippen molar-refractivity contribution in [3.63, 3.8) is 0 Å². The van der Waals surface area contributed by atoms with Gasteiger partial charge in [-0.3, -0.25) is 0 Å². The van der Waals surface area contributed by atoms with Gasteiger partial charge in [-0.2, -0.15) is 5.10 Å². The summed E-state index contributed by atoms with van der Waals surface area (Å²) in [4.78, 5) is 15.9. The predicted octanol–water partition coefficient (Wildman–Crippen LogP) is 6.31. The summed E-state index contributed by atoms with van der Waals surface area (Å²) in [6, 6.07) is 20.3. The summed E-state index contributed by atoms with van der Waals surface area (Å²) in [7, 11) is 0. The number of halogens is 1. The lowest BCUT2D eigenvalue weighted by Crippen LogP contribution is -2.46. The fourth-order valence-corrected chi connectivity index (χ4v) is 5.88. The van der Waals surface area contributed by atoms with Gasteiger partial charge in [-0.05, 0) is 61.2 Å². The van der Waals surface area contributed by atoms with Gasteiger partial charge in [0.05, 0.1) is 29.7 Å². The van der Waals surface area contributed by atoms with E-state index in [9.17, 15) is 9.18 Å². The number of carbonyl (C=O) groups is 1. The van der Waals surface area contributed by atoms with E-state index in [0.29, 0.717) is 6.54 Å².